The fraction of sp³-hybridized carbons (Fsp3) is 0.706. The van der Waals surface area contributed by atoms with Gasteiger partial charge in [0.15, 0.2) is 0 Å². The van der Waals surface area contributed by atoms with Crippen LogP contribution in [0.1, 0.15) is 45.5 Å². The topological polar surface area (TPSA) is 19.4 Å². The van der Waals surface area contributed by atoms with Crippen molar-refractivity contribution in [2.24, 2.45) is 0 Å². The van der Waals surface area contributed by atoms with E-state index < -0.39 is 0 Å². The SMILES string of the molecule is CCCN(CC)CCN(CC)Cc1cccc(CC)n1. The van der Waals surface area contributed by atoms with Gasteiger partial charge in [0.1, 0.15) is 0 Å². The van der Waals surface area contributed by atoms with E-state index in [1.54, 1.807) is 0 Å². The van der Waals surface area contributed by atoms with E-state index in [4.69, 9.17) is 4.98 Å². The molecule has 0 spiro atoms. The van der Waals surface area contributed by atoms with Gasteiger partial charge in [-0.1, -0.05) is 33.8 Å². The highest BCUT2D eigenvalue weighted by molar-refractivity contribution is 5.11. The molecule has 0 aromatic carbocycles. The zero-order chi connectivity index (χ0) is 14.8. The molecule has 1 heterocycles. The van der Waals surface area contributed by atoms with Crippen molar-refractivity contribution in [3.05, 3.63) is 29.6 Å². The maximum absolute atomic E-state index is 4.71. The number of hydrogen-bond acceptors (Lipinski definition) is 3. The van der Waals surface area contributed by atoms with Crippen molar-refractivity contribution in [3.63, 3.8) is 0 Å². The highest BCUT2D eigenvalue weighted by Crippen LogP contribution is 2.05. The largest absolute Gasteiger partial charge is 0.302 e. The summed E-state index contributed by atoms with van der Waals surface area (Å²) in [5, 5.41) is 0. The molecule has 3 nitrogen and oxygen atoms in total. The first-order valence-electron chi connectivity index (χ1n) is 8.12. The summed E-state index contributed by atoms with van der Waals surface area (Å²) in [4.78, 5) is 9.72. The Bertz CT molecular complexity index is 365. The Morgan fingerprint density at radius 1 is 0.850 bits per heavy atom. The molecule has 3 heteroatoms. The van der Waals surface area contributed by atoms with E-state index in [-0.39, 0.29) is 0 Å². The Morgan fingerprint density at radius 2 is 1.50 bits per heavy atom. The number of aromatic nitrogens is 1. The molecule has 0 N–H and O–H groups in total. The van der Waals surface area contributed by atoms with Crippen LogP contribution in [0.3, 0.4) is 0 Å². The number of hydrogen-bond donors (Lipinski definition) is 0. The lowest BCUT2D eigenvalue weighted by Gasteiger charge is -2.25. The van der Waals surface area contributed by atoms with Crippen LogP contribution in [0, 0.1) is 0 Å². The van der Waals surface area contributed by atoms with Gasteiger partial charge in [0, 0.05) is 25.3 Å². The molecular weight excluding hydrogens is 246 g/mol. The minimum absolute atomic E-state index is 0.966. The number of likely N-dealkylation sites (N-methyl/N-ethyl adjacent to an activating group) is 2. The summed E-state index contributed by atoms with van der Waals surface area (Å²) in [6, 6.07) is 6.38. The van der Waals surface area contributed by atoms with Gasteiger partial charge in [-0.25, -0.2) is 0 Å². The summed E-state index contributed by atoms with van der Waals surface area (Å²) in [5.41, 5.74) is 2.39. The molecule has 0 aliphatic carbocycles. The Balaban J connectivity index is 2.49. The minimum Gasteiger partial charge on any atom is -0.302 e. The number of aryl methyl sites for hydroxylation is 1. The van der Waals surface area contributed by atoms with Crippen molar-refractivity contribution in [2.45, 2.75) is 47.1 Å². The van der Waals surface area contributed by atoms with Crippen molar-refractivity contribution in [1.29, 1.82) is 0 Å². The van der Waals surface area contributed by atoms with Gasteiger partial charge >= 0.3 is 0 Å². The maximum Gasteiger partial charge on any atom is 0.0547 e. The Hall–Kier alpha value is -0.930. The number of nitrogens with zero attached hydrogens (tertiary/aromatic N) is 3. The van der Waals surface area contributed by atoms with Gasteiger partial charge in [0.05, 0.1) is 5.69 Å². The van der Waals surface area contributed by atoms with Crippen LogP contribution in [0.15, 0.2) is 18.2 Å². The Kier molecular flexibility index (Phi) is 8.47. The molecule has 0 radical (unpaired) electrons. The normalized spacial score (nSPS) is 11.5. The van der Waals surface area contributed by atoms with Crippen LogP contribution in [0.2, 0.25) is 0 Å². The van der Waals surface area contributed by atoms with E-state index in [2.05, 4.69) is 55.7 Å². The third-order valence-corrected chi connectivity index (χ3v) is 3.78. The lowest BCUT2D eigenvalue weighted by Crippen LogP contribution is -2.35. The van der Waals surface area contributed by atoms with Crippen LogP contribution in [0.4, 0.5) is 0 Å². The fourth-order valence-corrected chi connectivity index (χ4v) is 2.42. The van der Waals surface area contributed by atoms with Crippen LogP contribution in [-0.2, 0) is 13.0 Å². The Morgan fingerprint density at radius 3 is 2.10 bits per heavy atom. The van der Waals surface area contributed by atoms with Gasteiger partial charge in [0.2, 0.25) is 0 Å². The molecule has 1 aromatic rings. The molecule has 0 saturated heterocycles. The summed E-state index contributed by atoms with van der Waals surface area (Å²) in [5.74, 6) is 0. The van der Waals surface area contributed by atoms with Crippen molar-refractivity contribution < 1.29 is 0 Å². The van der Waals surface area contributed by atoms with Crippen LogP contribution < -0.4 is 0 Å². The molecule has 0 amide bonds. The van der Waals surface area contributed by atoms with E-state index in [1.807, 2.05) is 0 Å². The molecule has 0 bridgehead atoms. The van der Waals surface area contributed by atoms with E-state index in [0.29, 0.717) is 0 Å². The van der Waals surface area contributed by atoms with Gasteiger partial charge < -0.3 is 4.90 Å². The van der Waals surface area contributed by atoms with E-state index >= 15 is 0 Å². The predicted octanol–water partition coefficient (Wildman–Crippen LogP) is 3.20. The number of rotatable bonds is 10. The third-order valence-electron chi connectivity index (χ3n) is 3.78. The zero-order valence-corrected chi connectivity index (χ0v) is 13.7. The van der Waals surface area contributed by atoms with Crippen molar-refractivity contribution in [1.82, 2.24) is 14.8 Å². The van der Waals surface area contributed by atoms with Gasteiger partial charge in [-0.2, -0.15) is 0 Å². The smallest absolute Gasteiger partial charge is 0.0547 e. The second-order valence-electron chi connectivity index (χ2n) is 5.28. The summed E-state index contributed by atoms with van der Waals surface area (Å²) in [6.07, 6.45) is 2.25. The van der Waals surface area contributed by atoms with Gasteiger partial charge in [-0.05, 0) is 44.6 Å². The first kappa shape index (κ1) is 17.1. The van der Waals surface area contributed by atoms with Crippen LogP contribution in [-0.4, -0.2) is 47.5 Å². The monoisotopic (exact) mass is 277 g/mol. The zero-order valence-electron chi connectivity index (χ0n) is 13.7. The third kappa shape index (κ3) is 6.02. The predicted molar refractivity (Wildman–Crippen MR) is 87.0 cm³/mol. The van der Waals surface area contributed by atoms with Crippen LogP contribution in [0.25, 0.3) is 0 Å². The van der Waals surface area contributed by atoms with Crippen molar-refractivity contribution >= 4 is 0 Å². The van der Waals surface area contributed by atoms with E-state index in [1.165, 1.54) is 24.4 Å². The molecule has 0 saturated carbocycles. The van der Waals surface area contributed by atoms with Crippen molar-refractivity contribution in [2.75, 3.05) is 32.7 Å². The van der Waals surface area contributed by atoms with Gasteiger partial charge in [0.25, 0.3) is 0 Å². The average molecular weight is 277 g/mol. The highest BCUT2D eigenvalue weighted by Gasteiger charge is 2.08. The second kappa shape index (κ2) is 9.89. The molecule has 0 fully saturated rings. The maximum atomic E-state index is 4.71. The molecule has 0 unspecified atom stereocenters. The molecule has 1 rings (SSSR count). The molecule has 0 aliphatic rings. The fourth-order valence-electron chi connectivity index (χ4n) is 2.42. The summed E-state index contributed by atoms with van der Waals surface area (Å²) in [6.45, 7) is 15.6. The minimum atomic E-state index is 0.966. The second-order valence-corrected chi connectivity index (χ2v) is 5.28. The first-order chi connectivity index (χ1) is 9.73. The lowest BCUT2D eigenvalue weighted by atomic mass is 10.2. The highest BCUT2D eigenvalue weighted by atomic mass is 15.2. The Labute approximate surface area is 125 Å². The summed E-state index contributed by atoms with van der Waals surface area (Å²) >= 11 is 0. The molecule has 0 aliphatic heterocycles. The van der Waals surface area contributed by atoms with E-state index in [9.17, 15) is 0 Å². The van der Waals surface area contributed by atoms with Gasteiger partial charge in [-0.3, -0.25) is 9.88 Å². The molecule has 114 valence electrons. The quantitative estimate of drug-likeness (QED) is 0.655. The molecule has 1 aromatic heterocycles. The van der Waals surface area contributed by atoms with Gasteiger partial charge in [-0.15, -0.1) is 0 Å². The average Bonchev–Trinajstić information content (AvgIpc) is 2.50. The first-order valence-corrected chi connectivity index (χ1v) is 8.12. The van der Waals surface area contributed by atoms with Crippen LogP contribution in [0.5, 0.6) is 0 Å². The van der Waals surface area contributed by atoms with Crippen molar-refractivity contribution in [3.8, 4) is 0 Å². The molecule has 20 heavy (non-hydrogen) atoms. The number of pyridine rings is 1. The molecule has 0 atom stereocenters. The summed E-state index contributed by atoms with van der Waals surface area (Å²) in [7, 11) is 0. The van der Waals surface area contributed by atoms with Crippen LogP contribution >= 0.6 is 0 Å². The van der Waals surface area contributed by atoms with E-state index in [0.717, 1.165) is 39.1 Å². The molecular formula is C17H31N3. The standard InChI is InChI=1S/C17H31N3/c1-5-12-19(7-3)13-14-20(8-4)15-17-11-9-10-16(6-2)18-17/h9-11H,5-8,12-15H2,1-4H3. The summed E-state index contributed by atoms with van der Waals surface area (Å²) < 4.78 is 0. The lowest BCUT2D eigenvalue weighted by molar-refractivity contribution is 0.208.